The van der Waals surface area contributed by atoms with Crippen LogP contribution in [-0.4, -0.2) is 25.5 Å². The van der Waals surface area contributed by atoms with Crippen LogP contribution in [0.4, 0.5) is 0 Å². The Morgan fingerprint density at radius 3 is 2.16 bits per heavy atom. The van der Waals surface area contributed by atoms with Crippen molar-refractivity contribution < 1.29 is 0 Å². The van der Waals surface area contributed by atoms with Gasteiger partial charge in [-0.2, -0.15) is 0 Å². The predicted octanol–water partition coefficient (Wildman–Crippen LogP) is 3.62. The molecule has 0 aromatic heterocycles. The molecule has 1 aromatic carbocycles. The van der Waals surface area contributed by atoms with Crippen molar-refractivity contribution in [3.8, 4) is 0 Å². The van der Waals surface area contributed by atoms with E-state index in [1.165, 1.54) is 24.0 Å². The number of aryl methyl sites for hydroxylation is 1. The van der Waals surface area contributed by atoms with E-state index in [-0.39, 0.29) is 5.41 Å². The molecule has 0 saturated heterocycles. The third kappa shape index (κ3) is 4.32. The highest BCUT2D eigenvalue weighted by atomic mass is 15.1. The van der Waals surface area contributed by atoms with E-state index >= 15 is 0 Å². The molecular weight excluding hydrogens is 232 g/mol. The summed E-state index contributed by atoms with van der Waals surface area (Å²) in [4.78, 5) is 2.31. The van der Waals surface area contributed by atoms with Crippen LogP contribution in [0, 0.1) is 5.41 Å². The molecule has 0 heterocycles. The Morgan fingerprint density at radius 2 is 1.74 bits per heavy atom. The molecule has 0 radical (unpaired) electrons. The van der Waals surface area contributed by atoms with Gasteiger partial charge in [-0.05, 0) is 50.0 Å². The van der Waals surface area contributed by atoms with Gasteiger partial charge in [-0.1, -0.05) is 51.5 Å². The van der Waals surface area contributed by atoms with E-state index in [1.807, 2.05) is 0 Å². The van der Waals surface area contributed by atoms with Crippen molar-refractivity contribution in [2.45, 2.75) is 46.1 Å². The highest BCUT2D eigenvalue weighted by Crippen LogP contribution is 2.39. The van der Waals surface area contributed by atoms with Crippen LogP contribution in [0.3, 0.4) is 0 Å². The zero-order valence-electron chi connectivity index (χ0n) is 13.2. The van der Waals surface area contributed by atoms with E-state index in [0.29, 0.717) is 6.04 Å². The zero-order valence-corrected chi connectivity index (χ0v) is 13.2. The molecule has 0 fully saturated rings. The Kier molecular flexibility index (Phi) is 6.02. The first-order valence-corrected chi connectivity index (χ1v) is 7.37. The topological polar surface area (TPSA) is 29.3 Å². The Morgan fingerprint density at radius 1 is 1.16 bits per heavy atom. The fourth-order valence-corrected chi connectivity index (χ4v) is 3.11. The molecule has 0 amide bonds. The summed E-state index contributed by atoms with van der Waals surface area (Å²) in [5.41, 5.74) is 8.78. The van der Waals surface area contributed by atoms with Crippen LogP contribution >= 0.6 is 0 Å². The molecule has 0 aliphatic heterocycles. The maximum Gasteiger partial charge on any atom is 0.0393 e. The van der Waals surface area contributed by atoms with E-state index in [4.69, 9.17) is 5.73 Å². The lowest BCUT2D eigenvalue weighted by Gasteiger charge is -2.39. The van der Waals surface area contributed by atoms with Crippen molar-refractivity contribution in [3.05, 3.63) is 35.4 Å². The lowest BCUT2D eigenvalue weighted by molar-refractivity contribution is 0.128. The van der Waals surface area contributed by atoms with Crippen molar-refractivity contribution in [3.63, 3.8) is 0 Å². The minimum absolute atomic E-state index is 0.185. The molecule has 19 heavy (non-hydrogen) atoms. The van der Waals surface area contributed by atoms with E-state index in [9.17, 15) is 0 Å². The lowest BCUT2D eigenvalue weighted by atomic mass is 9.77. The summed E-state index contributed by atoms with van der Waals surface area (Å²) in [7, 11) is 4.31. The minimum atomic E-state index is 0.185. The number of hydrogen-bond donors (Lipinski definition) is 1. The van der Waals surface area contributed by atoms with Crippen LogP contribution in [0.5, 0.6) is 0 Å². The summed E-state index contributed by atoms with van der Waals surface area (Å²) >= 11 is 0. The molecule has 1 atom stereocenters. The van der Waals surface area contributed by atoms with Crippen LogP contribution in [0.2, 0.25) is 0 Å². The highest BCUT2D eigenvalue weighted by Gasteiger charge is 2.31. The van der Waals surface area contributed by atoms with Crippen molar-refractivity contribution >= 4 is 0 Å². The molecule has 108 valence electrons. The average Bonchev–Trinajstić information content (AvgIpc) is 2.31. The zero-order chi connectivity index (χ0) is 14.5. The third-order valence-corrected chi connectivity index (χ3v) is 3.88. The van der Waals surface area contributed by atoms with Crippen LogP contribution in [-0.2, 0) is 6.42 Å². The van der Waals surface area contributed by atoms with E-state index in [0.717, 1.165) is 13.0 Å². The highest BCUT2D eigenvalue weighted by molar-refractivity contribution is 5.26. The summed E-state index contributed by atoms with van der Waals surface area (Å²) in [6, 6.07) is 9.52. The van der Waals surface area contributed by atoms with E-state index < -0.39 is 0 Å². The van der Waals surface area contributed by atoms with Gasteiger partial charge in [0.1, 0.15) is 0 Å². The fraction of sp³-hybridized carbons (Fsp3) is 0.647. The van der Waals surface area contributed by atoms with Gasteiger partial charge in [0.05, 0.1) is 0 Å². The Balaban J connectivity index is 2.99. The van der Waals surface area contributed by atoms with Crippen molar-refractivity contribution in [2.75, 3.05) is 20.6 Å². The number of nitrogens with two attached hydrogens (primary N) is 1. The average molecular weight is 262 g/mol. The monoisotopic (exact) mass is 262 g/mol. The third-order valence-electron chi connectivity index (χ3n) is 3.88. The summed E-state index contributed by atoms with van der Waals surface area (Å²) in [6.07, 6.45) is 3.40. The molecule has 0 aliphatic carbocycles. The van der Waals surface area contributed by atoms with Crippen LogP contribution in [0.25, 0.3) is 0 Å². The van der Waals surface area contributed by atoms with Gasteiger partial charge in [-0.25, -0.2) is 0 Å². The second-order valence-corrected chi connectivity index (χ2v) is 6.38. The normalized spacial score (nSPS) is 13.8. The van der Waals surface area contributed by atoms with Gasteiger partial charge in [0, 0.05) is 6.04 Å². The fourth-order valence-electron chi connectivity index (χ4n) is 3.11. The van der Waals surface area contributed by atoms with Gasteiger partial charge in [0.2, 0.25) is 0 Å². The molecule has 0 saturated carbocycles. The molecule has 2 nitrogen and oxygen atoms in total. The largest absolute Gasteiger partial charge is 0.330 e. The number of nitrogens with zero attached hydrogens (tertiary/aromatic N) is 1. The molecule has 1 unspecified atom stereocenters. The van der Waals surface area contributed by atoms with Gasteiger partial charge in [0.15, 0.2) is 0 Å². The second-order valence-electron chi connectivity index (χ2n) is 6.38. The van der Waals surface area contributed by atoms with Crippen molar-refractivity contribution in [2.24, 2.45) is 11.1 Å². The maximum absolute atomic E-state index is 5.78. The van der Waals surface area contributed by atoms with Gasteiger partial charge in [-0.3, -0.25) is 0 Å². The Hall–Kier alpha value is -0.860. The first kappa shape index (κ1) is 16.2. The van der Waals surface area contributed by atoms with Crippen molar-refractivity contribution in [1.29, 1.82) is 0 Å². The molecule has 0 bridgehead atoms. The van der Waals surface area contributed by atoms with Gasteiger partial charge in [-0.15, -0.1) is 0 Å². The second kappa shape index (κ2) is 7.06. The molecule has 2 N–H and O–H groups in total. The van der Waals surface area contributed by atoms with Gasteiger partial charge < -0.3 is 10.6 Å². The van der Waals surface area contributed by atoms with Crippen LogP contribution in [0.1, 0.15) is 50.8 Å². The van der Waals surface area contributed by atoms with Crippen LogP contribution in [0.15, 0.2) is 24.3 Å². The first-order chi connectivity index (χ1) is 8.92. The maximum atomic E-state index is 5.78. The molecule has 0 aliphatic rings. The van der Waals surface area contributed by atoms with Crippen molar-refractivity contribution in [1.82, 2.24) is 4.90 Å². The first-order valence-electron chi connectivity index (χ1n) is 7.37. The lowest BCUT2D eigenvalue weighted by Crippen LogP contribution is -2.35. The van der Waals surface area contributed by atoms with Gasteiger partial charge >= 0.3 is 0 Å². The SMILES string of the molecule is CCCc1ccc(C(N(C)C)C(C)(C)CCN)cc1. The predicted molar refractivity (Wildman–Crippen MR) is 84.3 cm³/mol. The number of rotatable bonds is 7. The smallest absolute Gasteiger partial charge is 0.0393 e. The summed E-state index contributed by atoms with van der Waals surface area (Å²) in [5, 5.41) is 0. The molecule has 0 spiro atoms. The quantitative estimate of drug-likeness (QED) is 0.813. The molecular formula is C17H30N2. The summed E-state index contributed by atoms with van der Waals surface area (Å²) < 4.78 is 0. The summed E-state index contributed by atoms with van der Waals surface area (Å²) in [6.45, 7) is 7.58. The standard InChI is InChI=1S/C17H30N2/c1-6-7-14-8-10-15(11-9-14)16(19(4)5)17(2,3)12-13-18/h8-11,16H,6-7,12-13,18H2,1-5H3. The minimum Gasteiger partial charge on any atom is -0.330 e. The van der Waals surface area contributed by atoms with Gasteiger partial charge in [0.25, 0.3) is 0 Å². The van der Waals surface area contributed by atoms with E-state index in [1.54, 1.807) is 0 Å². The number of hydrogen-bond acceptors (Lipinski definition) is 2. The van der Waals surface area contributed by atoms with E-state index in [2.05, 4.69) is 64.0 Å². The Bertz CT molecular complexity index is 365. The molecule has 2 heteroatoms. The molecule has 1 aromatic rings. The summed E-state index contributed by atoms with van der Waals surface area (Å²) in [5.74, 6) is 0. The molecule has 1 rings (SSSR count). The number of benzene rings is 1. The van der Waals surface area contributed by atoms with Crippen LogP contribution < -0.4 is 5.73 Å². The Labute approximate surface area is 119 Å².